The highest BCUT2D eigenvalue weighted by atomic mass is 32.2. The van der Waals surface area contributed by atoms with E-state index < -0.39 is 16.1 Å². The number of nitrogens with one attached hydrogen (secondary N) is 1. The third-order valence-electron chi connectivity index (χ3n) is 4.92. The maximum atomic E-state index is 13.5. The molecule has 0 aliphatic heterocycles. The maximum absolute atomic E-state index is 13.5. The summed E-state index contributed by atoms with van der Waals surface area (Å²) >= 11 is 0. The molecule has 1 fully saturated rings. The molecule has 1 aliphatic carbocycles. The molecule has 7 nitrogen and oxygen atoms in total. The Morgan fingerprint density at radius 2 is 1.89 bits per heavy atom. The standard InChI is InChI=1S/C20H26N4O3S/c1-15-7-9-18(10-8-15)24(14-16(2)25)28(26,27)20-6-4-3-5-19(20)23-13-17(11-21)12-22/h3-6,13,15-16,18,23,25H,7-10,14H2,1-2H3. The van der Waals surface area contributed by atoms with Gasteiger partial charge in [-0.3, -0.25) is 0 Å². The van der Waals surface area contributed by atoms with E-state index in [1.165, 1.54) is 16.6 Å². The van der Waals surface area contributed by atoms with Crippen molar-refractivity contribution in [2.45, 2.75) is 56.6 Å². The SMILES string of the molecule is CC(O)CN(C1CCC(C)CC1)S(=O)(=O)c1ccccc1NC=C(C#N)C#N. The van der Waals surface area contributed by atoms with Crippen molar-refractivity contribution in [1.29, 1.82) is 10.5 Å². The molecule has 0 aromatic heterocycles. The first kappa shape index (κ1) is 21.9. The number of allylic oxidation sites excluding steroid dienone is 1. The maximum Gasteiger partial charge on any atom is 0.245 e. The Bertz CT molecular complexity index is 873. The molecule has 0 bridgehead atoms. The normalized spacial score (nSPS) is 20.6. The molecule has 1 atom stereocenters. The van der Waals surface area contributed by atoms with Gasteiger partial charge in [0.25, 0.3) is 0 Å². The largest absolute Gasteiger partial charge is 0.392 e. The van der Waals surface area contributed by atoms with Crippen LogP contribution in [-0.4, -0.2) is 36.5 Å². The van der Waals surface area contributed by atoms with Crippen LogP contribution in [0.4, 0.5) is 5.69 Å². The van der Waals surface area contributed by atoms with Gasteiger partial charge in [0.15, 0.2) is 0 Å². The number of hydrogen-bond donors (Lipinski definition) is 2. The van der Waals surface area contributed by atoms with Crippen molar-refractivity contribution < 1.29 is 13.5 Å². The van der Waals surface area contributed by atoms with Crippen molar-refractivity contribution in [1.82, 2.24) is 4.31 Å². The van der Waals surface area contributed by atoms with E-state index in [1.54, 1.807) is 37.3 Å². The quantitative estimate of drug-likeness (QED) is 0.677. The Labute approximate surface area is 166 Å². The van der Waals surface area contributed by atoms with E-state index in [-0.39, 0.29) is 28.7 Å². The zero-order valence-corrected chi connectivity index (χ0v) is 17.0. The molecular weight excluding hydrogens is 376 g/mol. The minimum atomic E-state index is -3.89. The van der Waals surface area contributed by atoms with Crippen molar-refractivity contribution in [3.05, 3.63) is 36.0 Å². The second-order valence-corrected chi connectivity index (χ2v) is 9.12. The lowest BCUT2D eigenvalue weighted by atomic mass is 9.87. The molecule has 28 heavy (non-hydrogen) atoms. The summed E-state index contributed by atoms with van der Waals surface area (Å²) in [6.07, 6.45) is 3.82. The molecule has 1 aliphatic rings. The second-order valence-electron chi connectivity index (χ2n) is 7.26. The summed E-state index contributed by atoms with van der Waals surface area (Å²) < 4.78 is 28.4. The average molecular weight is 403 g/mol. The van der Waals surface area contributed by atoms with Crippen LogP contribution in [0, 0.1) is 28.6 Å². The van der Waals surface area contributed by atoms with Gasteiger partial charge in [0, 0.05) is 18.8 Å². The van der Waals surface area contributed by atoms with Crippen molar-refractivity contribution in [2.24, 2.45) is 5.92 Å². The van der Waals surface area contributed by atoms with E-state index in [0.717, 1.165) is 25.7 Å². The van der Waals surface area contributed by atoms with Crippen LogP contribution in [0.2, 0.25) is 0 Å². The fraction of sp³-hybridized carbons (Fsp3) is 0.500. The fourth-order valence-corrected chi connectivity index (χ4v) is 5.33. The highest BCUT2D eigenvalue weighted by molar-refractivity contribution is 7.89. The summed E-state index contributed by atoms with van der Waals surface area (Å²) in [5, 5.41) is 30.4. The van der Waals surface area contributed by atoms with Gasteiger partial charge >= 0.3 is 0 Å². The zero-order chi connectivity index (χ0) is 20.7. The number of anilines is 1. The molecule has 1 aromatic rings. The first-order valence-corrected chi connectivity index (χ1v) is 10.8. The number of para-hydroxylation sites is 1. The number of benzene rings is 1. The molecule has 0 amide bonds. The summed E-state index contributed by atoms with van der Waals surface area (Å²) in [6.45, 7) is 3.76. The summed E-state index contributed by atoms with van der Waals surface area (Å²) in [5.74, 6) is 0.571. The van der Waals surface area contributed by atoms with Gasteiger partial charge in [0.05, 0.1) is 11.8 Å². The smallest absolute Gasteiger partial charge is 0.245 e. The minimum Gasteiger partial charge on any atom is -0.392 e. The molecule has 8 heteroatoms. The van der Waals surface area contributed by atoms with Crippen molar-refractivity contribution >= 4 is 15.7 Å². The number of rotatable bonds is 7. The van der Waals surface area contributed by atoms with Gasteiger partial charge in [0.2, 0.25) is 10.0 Å². The van der Waals surface area contributed by atoms with Gasteiger partial charge in [-0.1, -0.05) is 19.1 Å². The lowest BCUT2D eigenvalue weighted by Gasteiger charge is -2.36. The molecule has 0 heterocycles. The summed E-state index contributed by atoms with van der Waals surface area (Å²) in [6, 6.07) is 9.67. The molecule has 0 radical (unpaired) electrons. The van der Waals surface area contributed by atoms with Crippen LogP contribution in [0.15, 0.2) is 40.9 Å². The first-order chi connectivity index (χ1) is 13.3. The van der Waals surface area contributed by atoms with Gasteiger partial charge in [-0.25, -0.2) is 8.42 Å². The van der Waals surface area contributed by atoms with Gasteiger partial charge in [-0.05, 0) is 50.7 Å². The number of nitrogens with zero attached hydrogens (tertiary/aromatic N) is 3. The molecular formula is C20H26N4O3S. The van der Waals surface area contributed by atoms with Gasteiger partial charge in [-0.2, -0.15) is 14.8 Å². The average Bonchev–Trinajstić information content (AvgIpc) is 2.68. The third-order valence-corrected chi connectivity index (χ3v) is 6.90. The molecule has 0 saturated heterocycles. The fourth-order valence-electron chi connectivity index (χ4n) is 3.41. The minimum absolute atomic E-state index is 0.0210. The number of hydrogen-bond acceptors (Lipinski definition) is 6. The van der Waals surface area contributed by atoms with Crippen LogP contribution in [0.25, 0.3) is 0 Å². The van der Waals surface area contributed by atoms with Gasteiger partial charge in [-0.15, -0.1) is 0 Å². The van der Waals surface area contributed by atoms with Crippen molar-refractivity contribution in [3.8, 4) is 12.1 Å². The van der Waals surface area contributed by atoms with E-state index in [9.17, 15) is 13.5 Å². The number of sulfonamides is 1. The number of aliphatic hydroxyl groups excluding tert-OH is 1. The zero-order valence-electron chi connectivity index (χ0n) is 16.2. The van der Waals surface area contributed by atoms with Crippen LogP contribution in [-0.2, 0) is 10.0 Å². The van der Waals surface area contributed by atoms with E-state index in [0.29, 0.717) is 5.92 Å². The molecule has 150 valence electrons. The van der Waals surface area contributed by atoms with Gasteiger partial charge in [0.1, 0.15) is 22.6 Å². The third kappa shape index (κ3) is 5.32. The summed E-state index contributed by atoms with van der Waals surface area (Å²) in [5.41, 5.74) is 0.125. The van der Waals surface area contributed by atoms with Crippen molar-refractivity contribution in [3.63, 3.8) is 0 Å². The lowest BCUT2D eigenvalue weighted by Crippen LogP contribution is -2.45. The van der Waals surface area contributed by atoms with Crippen LogP contribution in [0.3, 0.4) is 0 Å². The molecule has 1 aromatic carbocycles. The van der Waals surface area contributed by atoms with Crippen LogP contribution < -0.4 is 5.32 Å². The topological polar surface area (TPSA) is 117 Å². The molecule has 2 rings (SSSR count). The van der Waals surface area contributed by atoms with Gasteiger partial charge < -0.3 is 10.4 Å². The van der Waals surface area contributed by atoms with Crippen LogP contribution >= 0.6 is 0 Å². The molecule has 2 N–H and O–H groups in total. The van der Waals surface area contributed by atoms with E-state index in [1.807, 2.05) is 0 Å². The highest BCUT2D eigenvalue weighted by Crippen LogP contribution is 2.33. The van der Waals surface area contributed by atoms with Crippen LogP contribution in [0.1, 0.15) is 39.5 Å². The second kappa shape index (κ2) is 9.70. The predicted octanol–water partition coefficient (Wildman–Crippen LogP) is 2.98. The Hall–Kier alpha value is -2.39. The Balaban J connectivity index is 2.41. The summed E-state index contributed by atoms with van der Waals surface area (Å²) in [4.78, 5) is 0.0563. The summed E-state index contributed by atoms with van der Waals surface area (Å²) in [7, 11) is -3.89. The Morgan fingerprint density at radius 1 is 1.29 bits per heavy atom. The van der Waals surface area contributed by atoms with E-state index in [4.69, 9.17) is 10.5 Å². The van der Waals surface area contributed by atoms with Crippen LogP contribution in [0.5, 0.6) is 0 Å². The Morgan fingerprint density at radius 3 is 2.46 bits per heavy atom. The molecule has 1 saturated carbocycles. The molecule has 0 spiro atoms. The van der Waals surface area contributed by atoms with E-state index in [2.05, 4.69) is 12.2 Å². The Kier molecular flexibility index (Phi) is 7.59. The van der Waals surface area contributed by atoms with E-state index >= 15 is 0 Å². The number of aliphatic hydroxyl groups is 1. The first-order valence-electron chi connectivity index (χ1n) is 9.35. The highest BCUT2D eigenvalue weighted by Gasteiger charge is 2.35. The van der Waals surface area contributed by atoms with Crippen molar-refractivity contribution in [2.75, 3.05) is 11.9 Å². The molecule has 1 unspecified atom stereocenters. The predicted molar refractivity (Wildman–Crippen MR) is 106 cm³/mol. The lowest BCUT2D eigenvalue weighted by molar-refractivity contribution is 0.130. The number of nitriles is 2. The monoisotopic (exact) mass is 402 g/mol.